The van der Waals surface area contributed by atoms with E-state index in [1.165, 1.54) is 12.0 Å². The topological polar surface area (TPSA) is 82.1 Å². The van der Waals surface area contributed by atoms with Crippen molar-refractivity contribution in [2.24, 2.45) is 0 Å². The number of amides is 2. The summed E-state index contributed by atoms with van der Waals surface area (Å²) in [5, 5.41) is -0.331. The molecule has 1 saturated heterocycles. The van der Waals surface area contributed by atoms with Gasteiger partial charge in [-0.15, -0.1) is 0 Å². The van der Waals surface area contributed by atoms with Crippen LogP contribution in [0.4, 0.5) is 4.79 Å². The first kappa shape index (κ1) is 23.9. The smallest absolute Gasteiger partial charge is 0.343 e. The number of imide groups is 1. The van der Waals surface area contributed by atoms with Crippen molar-refractivity contribution in [3.05, 3.63) is 62.5 Å². The number of hydrogen-bond donors (Lipinski definition) is 0. The summed E-state index contributed by atoms with van der Waals surface area (Å²) in [6.45, 7) is 4.09. The number of hydrogen-bond acceptors (Lipinski definition) is 7. The van der Waals surface area contributed by atoms with Gasteiger partial charge in [-0.3, -0.25) is 14.5 Å². The SMILES string of the molecule is COC(=O)COc1ccc(/C=C2\SC(=O)N(CCOc3cc(C)ccc3C)C2=O)cc1Br. The van der Waals surface area contributed by atoms with Gasteiger partial charge in [-0.05, 0) is 82.5 Å². The molecule has 2 aromatic rings. The molecule has 0 aromatic heterocycles. The second kappa shape index (κ2) is 10.7. The van der Waals surface area contributed by atoms with Gasteiger partial charge < -0.3 is 14.2 Å². The fraction of sp³-hybridized carbons (Fsp3) is 0.261. The average Bonchev–Trinajstić information content (AvgIpc) is 3.02. The Morgan fingerprint density at radius 3 is 2.59 bits per heavy atom. The third kappa shape index (κ3) is 5.92. The van der Waals surface area contributed by atoms with Crippen LogP contribution in [0.1, 0.15) is 16.7 Å². The van der Waals surface area contributed by atoms with E-state index in [1.807, 2.05) is 32.0 Å². The Morgan fingerprint density at radius 1 is 1.09 bits per heavy atom. The van der Waals surface area contributed by atoms with Gasteiger partial charge in [0, 0.05) is 0 Å². The van der Waals surface area contributed by atoms with Crippen molar-refractivity contribution < 1.29 is 28.6 Å². The van der Waals surface area contributed by atoms with E-state index in [1.54, 1.807) is 24.3 Å². The average molecular weight is 520 g/mol. The molecule has 2 amide bonds. The van der Waals surface area contributed by atoms with Gasteiger partial charge >= 0.3 is 5.97 Å². The van der Waals surface area contributed by atoms with Crippen molar-refractivity contribution >= 4 is 50.9 Å². The van der Waals surface area contributed by atoms with Crippen LogP contribution < -0.4 is 9.47 Å². The number of rotatable bonds is 8. The Balaban J connectivity index is 1.62. The predicted octanol–water partition coefficient (Wildman–Crippen LogP) is 4.73. The molecule has 0 aliphatic carbocycles. The molecule has 0 atom stereocenters. The summed E-state index contributed by atoms with van der Waals surface area (Å²) in [5.41, 5.74) is 2.78. The van der Waals surface area contributed by atoms with Crippen molar-refractivity contribution in [1.29, 1.82) is 0 Å². The second-order valence-electron chi connectivity index (χ2n) is 7.01. The summed E-state index contributed by atoms with van der Waals surface area (Å²) in [5.74, 6) is 0.360. The zero-order valence-corrected chi connectivity index (χ0v) is 20.2. The lowest BCUT2D eigenvalue weighted by Crippen LogP contribution is -2.32. The fourth-order valence-corrected chi connectivity index (χ4v) is 4.25. The molecule has 0 spiro atoms. The molecule has 0 radical (unpaired) electrons. The van der Waals surface area contributed by atoms with Crippen molar-refractivity contribution in [3.63, 3.8) is 0 Å². The van der Waals surface area contributed by atoms with Gasteiger partial charge in [-0.1, -0.05) is 18.2 Å². The van der Waals surface area contributed by atoms with Crippen molar-refractivity contribution in [2.45, 2.75) is 13.8 Å². The highest BCUT2D eigenvalue weighted by molar-refractivity contribution is 9.10. The van der Waals surface area contributed by atoms with E-state index in [2.05, 4.69) is 20.7 Å². The minimum atomic E-state index is -0.490. The zero-order valence-electron chi connectivity index (χ0n) is 17.8. The summed E-state index contributed by atoms with van der Waals surface area (Å²) >= 11 is 4.27. The summed E-state index contributed by atoms with van der Waals surface area (Å²) in [4.78, 5) is 37.8. The maximum Gasteiger partial charge on any atom is 0.343 e. The molecule has 1 fully saturated rings. The molecule has 0 unspecified atom stereocenters. The van der Waals surface area contributed by atoms with Gasteiger partial charge in [0.1, 0.15) is 18.1 Å². The molecule has 2 aromatic carbocycles. The van der Waals surface area contributed by atoms with E-state index in [4.69, 9.17) is 9.47 Å². The molecule has 1 heterocycles. The molecule has 1 aliphatic rings. The first-order valence-electron chi connectivity index (χ1n) is 9.73. The van der Waals surface area contributed by atoms with Crippen LogP contribution in [0.2, 0.25) is 0 Å². The number of halogens is 1. The lowest BCUT2D eigenvalue weighted by atomic mass is 10.1. The van der Waals surface area contributed by atoms with Crippen LogP contribution in [0.5, 0.6) is 11.5 Å². The van der Waals surface area contributed by atoms with Crippen molar-refractivity contribution in [2.75, 3.05) is 26.9 Å². The van der Waals surface area contributed by atoms with E-state index >= 15 is 0 Å². The minimum absolute atomic E-state index is 0.166. The van der Waals surface area contributed by atoms with Crippen molar-refractivity contribution in [1.82, 2.24) is 4.90 Å². The highest BCUT2D eigenvalue weighted by Crippen LogP contribution is 2.34. The highest BCUT2D eigenvalue weighted by atomic mass is 79.9. The molecule has 168 valence electrons. The number of thioether (sulfide) groups is 1. The van der Waals surface area contributed by atoms with E-state index in [0.29, 0.717) is 20.7 Å². The van der Waals surface area contributed by atoms with Gasteiger partial charge in [-0.25, -0.2) is 4.79 Å². The van der Waals surface area contributed by atoms with Crippen LogP contribution in [-0.4, -0.2) is 48.9 Å². The molecule has 7 nitrogen and oxygen atoms in total. The molecular formula is C23H22BrNO6S. The fourth-order valence-electron chi connectivity index (χ4n) is 2.87. The number of carbonyl (C=O) groups excluding carboxylic acids is 3. The number of carbonyl (C=O) groups is 3. The number of ether oxygens (including phenoxy) is 3. The zero-order chi connectivity index (χ0) is 23.3. The maximum atomic E-state index is 12.7. The van der Waals surface area contributed by atoms with Crippen molar-refractivity contribution in [3.8, 4) is 11.5 Å². The number of benzene rings is 2. The predicted molar refractivity (Wildman–Crippen MR) is 126 cm³/mol. The Bertz CT molecular complexity index is 1080. The molecule has 3 rings (SSSR count). The Kier molecular flexibility index (Phi) is 7.98. The molecular weight excluding hydrogens is 498 g/mol. The number of esters is 1. The van der Waals surface area contributed by atoms with E-state index in [-0.39, 0.29) is 30.9 Å². The van der Waals surface area contributed by atoms with Gasteiger partial charge in [-0.2, -0.15) is 0 Å². The summed E-state index contributed by atoms with van der Waals surface area (Å²) in [6.07, 6.45) is 1.64. The molecule has 0 N–H and O–H groups in total. The van der Waals surface area contributed by atoms with Crippen LogP contribution in [0.15, 0.2) is 45.8 Å². The van der Waals surface area contributed by atoms with Crippen LogP contribution in [-0.2, 0) is 14.3 Å². The first-order chi connectivity index (χ1) is 15.3. The highest BCUT2D eigenvalue weighted by Gasteiger charge is 2.34. The normalized spacial score (nSPS) is 14.8. The van der Waals surface area contributed by atoms with Crippen LogP contribution in [0.3, 0.4) is 0 Å². The monoisotopic (exact) mass is 519 g/mol. The third-order valence-electron chi connectivity index (χ3n) is 4.62. The van der Waals surface area contributed by atoms with E-state index < -0.39 is 5.97 Å². The van der Waals surface area contributed by atoms with Crippen LogP contribution in [0.25, 0.3) is 6.08 Å². The lowest BCUT2D eigenvalue weighted by Gasteiger charge is -2.14. The maximum absolute atomic E-state index is 12.7. The summed E-state index contributed by atoms with van der Waals surface area (Å²) in [7, 11) is 1.28. The quantitative estimate of drug-likeness (QED) is 0.368. The molecule has 32 heavy (non-hydrogen) atoms. The van der Waals surface area contributed by atoms with Gasteiger partial charge in [0.25, 0.3) is 11.1 Å². The van der Waals surface area contributed by atoms with Gasteiger partial charge in [0.15, 0.2) is 6.61 Å². The molecule has 9 heteroatoms. The van der Waals surface area contributed by atoms with Gasteiger partial charge in [0.05, 0.1) is 23.0 Å². The molecule has 0 saturated carbocycles. The third-order valence-corrected chi connectivity index (χ3v) is 6.14. The summed E-state index contributed by atoms with van der Waals surface area (Å²) < 4.78 is 16.3. The number of methoxy groups -OCH3 is 1. The van der Waals surface area contributed by atoms with Gasteiger partial charge in [0.2, 0.25) is 0 Å². The Hall–Kier alpha value is -2.78. The van der Waals surface area contributed by atoms with E-state index in [0.717, 1.165) is 28.6 Å². The Labute approximate surface area is 198 Å². The number of aryl methyl sites for hydroxylation is 2. The number of nitrogens with zero attached hydrogens (tertiary/aromatic N) is 1. The molecule has 1 aliphatic heterocycles. The second-order valence-corrected chi connectivity index (χ2v) is 8.85. The Morgan fingerprint density at radius 2 is 1.88 bits per heavy atom. The summed E-state index contributed by atoms with van der Waals surface area (Å²) in [6, 6.07) is 11.0. The van der Waals surface area contributed by atoms with Crippen LogP contribution in [0, 0.1) is 13.8 Å². The lowest BCUT2D eigenvalue weighted by molar-refractivity contribution is -0.142. The first-order valence-corrected chi connectivity index (χ1v) is 11.3. The van der Waals surface area contributed by atoms with E-state index in [9.17, 15) is 14.4 Å². The standard InChI is InChI=1S/C23H22BrNO6S/c1-14-4-5-15(2)19(10-14)30-9-8-25-22(27)20(32-23(25)28)12-16-6-7-18(17(24)11-16)31-13-21(26)29-3/h4-7,10-12H,8-9,13H2,1-3H3/b20-12-. The largest absolute Gasteiger partial charge is 0.491 e. The minimum Gasteiger partial charge on any atom is -0.491 e. The van der Waals surface area contributed by atoms with Crippen LogP contribution >= 0.6 is 27.7 Å². The molecule has 0 bridgehead atoms.